The van der Waals surface area contributed by atoms with E-state index in [1.165, 1.54) is 23.8 Å². The van der Waals surface area contributed by atoms with E-state index in [2.05, 4.69) is 36.5 Å². The highest BCUT2D eigenvalue weighted by molar-refractivity contribution is 5.89. The fourth-order valence-electron chi connectivity index (χ4n) is 2.69. The highest BCUT2D eigenvalue weighted by Gasteiger charge is 2.25. The molecule has 0 saturated heterocycles. The fourth-order valence-corrected chi connectivity index (χ4v) is 2.69. The Labute approximate surface area is 125 Å². The van der Waals surface area contributed by atoms with Gasteiger partial charge < -0.3 is 15.2 Å². The molecule has 1 saturated carbocycles. The zero-order chi connectivity index (χ0) is 14.7. The molecule has 0 amide bonds. The van der Waals surface area contributed by atoms with E-state index in [1.807, 2.05) is 12.1 Å². The Kier molecular flexibility index (Phi) is 4.42. The minimum atomic E-state index is 0.163. The van der Waals surface area contributed by atoms with Crippen molar-refractivity contribution in [2.24, 2.45) is 0 Å². The summed E-state index contributed by atoms with van der Waals surface area (Å²) in [4.78, 5) is 0. The summed E-state index contributed by atoms with van der Waals surface area (Å²) in [6.45, 7) is 2.91. The van der Waals surface area contributed by atoms with Crippen molar-refractivity contribution >= 4 is 10.8 Å². The third kappa shape index (κ3) is 3.36. The Morgan fingerprint density at radius 1 is 1.24 bits per heavy atom. The van der Waals surface area contributed by atoms with Crippen LogP contribution >= 0.6 is 0 Å². The van der Waals surface area contributed by atoms with Gasteiger partial charge in [0.25, 0.3) is 0 Å². The number of nitrogens with one attached hydrogen (secondary N) is 1. The molecule has 2 N–H and O–H groups in total. The number of benzene rings is 2. The molecule has 3 heteroatoms. The van der Waals surface area contributed by atoms with Gasteiger partial charge in [0.2, 0.25) is 0 Å². The molecule has 3 rings (SSSR count). The van der Waals surface area contributed by atoms with E-state index in [1.54, 1.807) is 0 Å². The lowest BCUT2D eigenvalue weighted by Gasteiger charge is -2.20. The molecule has 1 aliphatic rings. The van der Waals surface area contributed by atoms with E-state index in [-0.39, 0.29) is 12.6 Å². The predicted molar refractivity (Wildman–Crippen MR) is 85.7 cm³/mol. The SMILES string of the molecule is CC(NC1CC1)c1ccc2ccccc2c1OCCCO. The lowest BCUT2D eigenvalue weighted by molar-refractivity contribution is 0.233. The summed E-state index contributed by atoms with van der Waals surface area (Å²) in [5, 5.41) is 15.0. The van der Waals surface area contributed by atoms with Gasteiger partial charge in [-0.1, -0.05) is 36.4 Å². The van der Waals surface area contributed by atoms with Gasteiger partial charge in [-0.25, -0.2) is 0 Å². The van der Waals surface area contributed by atoms with E-state index in [4.69, 9.17) is 9.84 Å². The third-order valence-electron chi connectivity index (χ3n) is 3.99. The molecule has 0 heterocycles. The molecule has 0 aliphatic heterocycles. The van der Waals surface area contributed by atoms with Crippen LogP contribution in [0.4, 0.5) is 0 Å². The molecule has 0 radical (unpaired) electrons. The first-order valence-corrected chi connectivity index (χ1v) is 7.81. The van der Waals surface area contributed by atoms with Crippen LogP contribution in [0.25, 0.3) is 10.8 Å². The van der Waals surface area contributed by atoms with Gasteiger partial charge in [0, 0.05) is 36.1 Å². The molecule has 0 bridgehead atoms. The Hall–Kier alpha value is -1.58. The number of fused-ring (bicyclic) bond motifs is 1. The van der Waals surface area contributed by atoms with Gasteiger partial charge in [0.15, 0.2) is 0 Å². The smallest absolute Gasteiger partial charge is 0.131 e. The van der Waals surface area contributed by atoms with Crippen LogP contribution in [-0.2, 0) is 0 Å². The first kappa shape index (κ1) is 14.4. The summed E-state index contributed by atoms with van der Waals surface area (Å²) in [6.07, 6.45) is 3.21. The Bertz CT molecular complexity index is 607. The molecule has 2 aromatic carbocycles. The van der Waals surface area contributed by atoms with Crippen LogP contribution in [0.5, 0.6) is 5.75 Å². The second-order valence-electron chi connectivity index (χ2n) is 5.79. The Morgan fingerprint density at radius 2 is 2.05 bits per heavy atom. The molecule has 2 aromatic rings. The van der Waals surface area contributed by atoms with Crippen molar-refractivity contribution in [3.8, 4) is 5.75 Å². The van der Waals surface area contributed by atoms with Gasteiger partial charge in [-0.3, -0.25) is 0 Å². The molecular formula is C18H23NO2. The Morgan fingerprint density at radius 3 is 2.81 bits per heavy atom. The summed E-state index contributed by atoms with van der Waals surface area (Å²) in [5.41, 5.74) is 1.21. The minimum absolute atomic E-state index is 0.163. The van der Waals surface area contributed by atoms with Gasteiger partial charge in [-0.2, -0.15) is 0 Å². The van der Waals surface area contributed by atoms with E-state index in [0.717, 1.165) is 11.1 Å². The quantitative estimate of drug-likeness (QED) is 0.766. The van der Waals surface area contributed by atoms with Crippen molar-refractivity contribution in [3.05, 3.63) is 42.0 Å². The average molecular weight is 285 g/mol. The molecule has 112 valence electrons. The maximum Gasteiger partial charge on any atom is 0.131 e. The van der Waals surface area contributed by atoms with Gasteiger partial charge in [0.05, 0.1) is 6.61 Å². The molecule has 1 unspecified atom stereocenters. The largest absolute Gasteiger partial charge is 0.493 e. The monoisotopic (exact) mass is 285 g/mol. The number of hydrogen-bond donors (Lipinski definition) is 2. The van der Waals surface area contributed by atoms with Crippen molar-refractivity contribution in [3.63, 3.8) is 0 Å². The van der Waals surface area contributed by atoms with Gasteiger partial charge >= 0.3 is 0 Å². The molecule has 3 nitrogen and oxygen atoms in total. The average Bonchev–Trinajstić information content (AvgIpc) is 3.31. The summed E-state index contributed by atoms with van der Waals surface area (Å²) >= 11 is 0. The highest BCUT2D eigenvalue weighted by atomic mass is 16.5. The molecule has 1 aliphatic carbocycles. The lowest BCUT2D eigenvalue weighted by Crippen LogP contribution is -2.21. The van der Waals surface area contributed by atoms with Gasteiger partial charge in [-0.05, 0) is 25.2 Å². The fraction of sp³-hybridized carbons (Fsp3) is 0.444. The highest BCUT2D eigenvalue weighted by Crippen LogP contribution is 2.35. The summed E-state index contributed by atoms with van der Waals surface area (Å²) < 4.78 is 6.01. The predicted octanol–water partition coefficient (Wildman–Crippen LogP) is 3.41. The van der Waals surface area contributed by atoms with Crippen LogP contribution in [0.3, 0.4) is 0 Å². The molecular weight excluding hydrogens is 262 g/mol. The number of rotatable bonds is 7. The van der Waals surface area contributed by atoms with Crippen LogP contribution in [0, 0.1) is 0 Å². The summed E-state index contributed by atoms with van der Waals surface area (Å²) in [7, 11) is 0. The first-order chi connectivity index (χ1) is 10.3. The van der Waals surface area contributed by atoms with Crippen molar-refractivity contribution in [1.29, 1.82) is 0 Å². The van der Waals surface area contributed by atoms with Crippen molar-refractivity contribution < 1.29 is 9.84 Å². The maximum atomic E-state index is 8.97. The van der Waals surface area contributed by atoms with Gasteiger partial charge in [0.1, 0.15) is 5.75 Å². The van der Waals surface area contributed by atoms with Crippen molar-refractivity contribution in [1.82, 2.24) is 5.32 Å². The van der Waals surface area contributed by atoms with Crippen molar-refractivity contribution in [2.75, 3.05) is 13.2 Å². The second-order valence-corrected chi connectivity index (χ2v) is 5.79. The molecule has 0 aromatic heterocycles. The van der Waals surface area contributed by atoms with Crippen LogP contribution < -0.4 is 10.1 Å². The standard InChI is InChI=1S/C18H23NO2/c1-13(19-15-8-9-15)16-10-7-14-5-2-3-6-17(14)18(16)21-12-4-11-20/h2-3,5-7,10,13,15,19-20H,4,8-9,11-12H2,1H3. The lowest BCUT2D eigenvalue weighted by atomic mass is 10.0. The Balaban J connectivity index is 1.93. The zero-order valence-electron chi connectivity index (χ0n) is 12.5. The number of aliphatic hydroxyl groups is 1. The normalized spacial score (nSPS) is 16.1. The minimum Gasteiger partial charge on any atom is -0.493 e. The summed E-state index contributed by atoms with van der Waals surface area (Å²) in [5.74, 6) is 0.960. The summed E-state index contributed by atoms with van der Waals surface area (Å²) in [6, 6.07) is 13.6. The van der Waals surface area contributed by atoms with E-state index < -0.39 is 0 Å². The van der Waals surface area contributed by atoms with E-state index >= 15 is 0 Å². The zero-order valence-corrected chi connectivity index (χ0v) is 12.5. The van der Waals surface area contributed by atoms with Crippen molar-refractivity contribution in [2.45, 2.75) is 38.3 Å². The molecule has 0 spiro atoms. The van der Waals surface area contributed by atoms with E-state index in [0.29, 0.717) is 19.1 Å². The molecule has 1 atom stereocenters. The molecule has 21 heavy (non-hydrogen) atoms. The second kappa shape index (κ2) is 6.46. The van der Waals surface area contributed by atoms with Crippen LogP contribution in [0.15, 0.2) is 36.4 Å². The van der Waals surface area contributed by atoms with Crippen LogP contribution in [0.2, 0.25) is 0 Å². The van der Waals surface area contributed by atoms with Crippen LogP contribution in [-0.4, -0.2) is 24.4 Å². The third-order valence-corrected chi connectivity index (χ3v) is 3.99. The van der Waals surface area contributed by atoms with Crippen LogP contribution in [0.1, 0.15) is 37.8 Å². The maximum absolute atomic E-state index is 8.97. The number of ether oxygens (including phenoxy) is 1. The van der Waals surface area contributed by atoms with E-state index in [9.17, 15) is 0 Å². The first-order valence-electron chi connectivity index (χ1n) is 7.81. The number of aliphatic hydroxyl groups excluding tert-OH is 1. The molecule has 1 fully saturated rings. The topological polar surface area (TPSA) is 41.5 Å². The van der Waals surface area contributed by atoms with Gasteiger partial charge in [-0.15, -0.1) is 0 Å². The number of hydrogen-bond acceptors (Lipinski definition) is 3.